The highest BCUT2D eigenvalue weighted by molar-refractivity contribution is 4.87. The average Bonchev–Trinajstić information content (AvgIpc) is 2.85. The van der Waals surface area contributed by atoms with Crippen LogP contribution in [0.4, 0.5) is 0 Å². The molecule has 1 aliphatic rings. The second-order valence-corrected chi connectivity index (χ2v) is 4.22. The summed E-state index contributed by atoms with van der Waals surface area (Å²) in [5, 5.41) is 7.38. The predicted molar refractivity (Wildman–Crippen MR) is 57.4 cm³/mol. The molecule has 1 N–H and O–H groups in total. The minimum absolute atomic E-state index is 0.659. The summed E-state index contributed by atoms with van der Waals surface area (Å²) in [6.45, 7) is 2.84. The van der Waals surface area contributed by atoms with Crippen molar-refractivity contribution in [1.29, 1.82) is 0 Å². The first kappa shape index (κ1) is 10.6. The van der Waals surface area contributed by atoms with E-state index in [1.165, 1.54) is 25.7 Å². The molecule has 4 nitrogen and oxygen atoms in total. The lowest BCUT2D eigenvalue weighted by Gasteiger charge is -2.08. The Kier molecular flexibility index (Phi) is 3.72. The fraction of sp³-hybridized carbons (Fsp3) is 0.818. The maximum atomic E-state index is 5.15. The first-order chi connectivity index (χ1) is 7.38. The molecule has 0 aromatic carbocycles. The van der Waals surface area contributed by atoms with E-state index in [4.69, 9.17) is 4.52 Å². The Bertz CT molecular complexity index is 292. The van der Waals surface area contributed by atoms with Crippen LogP contribution < -0.4 is 5.32 Å². The van der Waals surface area contributed by atoms with E-state index in [2.05, 4.69) is 22.4 Å². The average molecular weight is 209 g/mol. The lowest BCUT2D eigenvalue weighted by molar-refractivity contribution is 0.353. The highest BCUT2D eigenvalue weighted by atomic mass is 16.5. The van der Waals surface area contributed by atoms with Crippen molar-refractivity contribution < 1.29 is 4.52 Å². The molecule has 0 unspecified atom stereocenters. The minimum atomic E-state index is 0.659. The molecular formula is C11H19N3O. The summed E-state index contributed by atoms with van der Waals surface area (Å²) < 4.78 is 5.15. The molecule has 0 radical (unpaired) electrons. The second kappa shape index (κ2) is 5.26. The molecule has 0 saturated heterocycles. The molecular weight excluding hydrogens is 190 g/mol. The molecule has 2 rings (SSSR count). The Morgan fingerprint density at radius 3 is 2.93 bits per heavy atom. The molecule has 1 aromatic rings. The van der Waals surface area contributed by atoms with Gasteiger partial charge in [0.15, 0.2) is 5.82 Å². The standard InChI is InChI=1S/C11H19N3O/c1-2-5-10-13-11(15-14-10)8-12-9-6-3-4-7-9/h9,12H,2-8H2,1H3. The van der Waals surface area contributed by atoms with Crippen LogP contribution in [0.2, 0.25) is 0 Å². The van der Waals surface area contributed by atoms with Gasteiger partial charge in [0.1, 0.15) is 0 Å². The van der Waals surface area contributed by atoms with Gasteiger partial charge in [-0.25, -0.2) is 0 Å². The van der Waals surface area contributed by atoms with E-state index in [1.807, 2.05) is 0 Å². The lowest BCUT2D eigenvalue weighted by Crippen LogP contribution is -2.25. The molecule has 1 saturated carbocycles. The van der Waals surface area contributed by atoms with Crippen LogP contribution in [0.1, 0.15) is 50.7 Å². The van der Waals surface area contributed by atoms with Gasteiger partial charge < -0.3 is 9.84 Å². The molecule has 0 atom stereocenters. The largest absolute Gasteiger partial charge is 0.338 e. The quantitative estimate of drug-likeness (QED) is 0.806. The van der Waals surface area contributed by atoms with Crippen molar-refractivity contribution in [3.8, 4) is 0 Å². The highest BCUT2D eigenvalue weighted by Gasteiger charge is 2.15. The van der Waals surface area contributed by atoms with Crippen molar-refractivity contribution in [2.24, 2.45) is 0 Å². The fourth-order valence-electron chi connectivity index (χ4n) is 2.05. The molecule has 1 aromatic heterocycles. The molecule has 1 heterocycles. The Balaban J connectivity index is 1.77. The zero-order chi connectivity index (χ0) is 10.5. The van der Waals surface area contributed by atoms with E-state index in [1.54, 1.807) is 0 Å². The monoisotopic (exact) mass is 209 g/mol. The molecule has 0 aliphatic heterocycles. The zero-order valence-electron chi connectivity index (χ0n) is 9.33. The molecule has 1 fully saturated rings. The maximum Gasteiger partial charge on any atom is 0.240 e. The molecule has 1 aliphatic carbocycles. The van der Waals surface area contributed by atoms with E-state index in [9.17, 15) is 0 Å². The normalized spacial score (nSPS) is 17.4. The molecule has 0 amide bonds. The number of aromatic nitrogens is 2. The third kappa shape index (κ3) is 3.02. The number of hydrogen-bond donors (Lipinski definition) is 1. The molecule has 15 heavy (non-hydrogen) atoms. The van der Waals surface area contributed by atoms with Gasteiger partial charge in [0.2, 0.25) is 5.89 Å². The van der Waals surface area contributed by atoms with E-state index in [0.29, 0.717) is 6.04 Å². The predicted octanol–water partition coefficient (Wildman–Crippen LogP) is 2.05. The molecule has 4 heteroatoms. The van der Waals surface area contributed by atoms with E-state index in [-0.39, 0.29) is 0 Å². The highest BCUT2D eigenvalue weighted by Crippen LogP contribution is 2.17. The van der Waals surface area contributed by atoms with Crippen LogP contribution in [0, 0.1) is 0 Å². The third-order valence-corrected chi connectivity index (χ3v) is 2.88. The van der Waals surface area contributed by atoms with Gasteiger partial charge in [0.25, 0.3) is 0 Å². The maximum absolute atomic E-state index is 5.15. The minimum Gasteiger partial charge on any atom is -0.338 e. The van der Waals surface area contributed by atoms with Crippen LogP contribution in [0.5, 0.6) is 0 Å². The first-order valence-corrected chi connectivity index (χ1v) is 5.93. The van der Waals surface area contributed by atoms with Gasteiger partial charge in [-0.2, -0.15) is 4.98 Å². The van der Waals surface area contributed by atoms with Gasteiger partial charge in [-0.15, -0.1) is 0 Å². The van der Waals surface area contributed by atoms with Gasteiger partial charge in [0.05, 0.1) is 6.54 Å². The summed E-state index contributed by atoms with van der Waals surface area (Å²) in [4.78, 5) is 4.32. The lowest BCUT2D eigenvalue weighted by atomic mass is 10.2. The fourth-order valence-corrected chi connectivity index (χ4v) is 2.05. The van der Waals surface area contributed by atoms with Crippen molar-refractivity contribution in [1.82, 2.24) is 15.5 Å². The number of nitrogens with zero attached hydrogens (tertiary/aromatic N) is 2. The SMILES string of the molecule is CCCc1noc(CNC2CCCC2)n1. The Morgan fingerprint density at radius 1 is 1.40 bits per heavy atom. The van der Waals surface area contributed by atoms with Crippen LogP contribution in [-0.2, 0) is 13.0 Å². The number of aryl methyl sites for hydroxylation is 1. The van der Waals surface area contributed by atoms with Crippen molar-refractivity contribution in [3.63, 3.8) is 0 Å². The van der Waals surface area contributed by atoms with Gasteiger partial charge >= 0.3 is 0 Å². The summed E-state index contributed by atoms with van der Waals surface area (Å²) in [7, 11) is 0. The van der Waals surface area contributed by atoms with Crippen LogP contribution >= 0.6 is 0 Å². The van der Waals surface area contributed by atoms with Crippen molar-refractivity contribution >= 4 is 0 Å². The summed E-state index contributed by atoms with van der Waals surface area (Å²) in [5.41, 5.74) is 0. The summed E-state index contributed by atoms with van der Waals surface area (Å²) >= 11 is 0. The summed E-state index contributed by atoms with van der Waals surface area (Å²) in [6, 6.07) is 0.659. The Labute approximate surface area is 90.4 Å². The Hall–Kier alpha value is -0.900. The summed E-state index contributed by atoms with van der Waals surface area (Å²) in [5.74, 6) is 1.56. The number of rotatable bonds is 5. The summed E-state index contributed by atoms with van der Waals surface area (Å²) in [6.07, 6.45) is 7.25. The first-order valence-electron chi connectivity index (χ1n) is 5.93. The molecule has 0 spiro atoms. The zero-order valence-corrected chi connectivity index (χ0v) is 9.33. The van der Waals surface area contributed by atoms with Crippen LogP contribution in [-0.4, -0.2) is 16.2 Å². The van der Waals surface area contributed by atoms with Gasteiger partial charge in [-0.05, 0) is 19.3 Å². The van der Waals surface area contributed by atoms with Gasteiger partial charge in [0, 0.05) is 12.5 Å². The van der Waals surface area contributed by atoms with Crippen LogP contribution in [0.3, 0.4) is 0 Å². The second-order valence-electron chi connectivity index (χ2n) is 4.22. The van der Waals surface area contributed by atoms with Crippen LogP contribution in [0.25, 0.3) is 0 Å². The third-order valence-electron chi connectivity index (χ3n) is 2.88. The molecule has 0 bridgehead atoms. The number of nitrogens with one attached hydrogen (secondary N) is 1. The van der Waals surface area contributed by atoms with Crippen molar-refractivity contribution in [2.75, 3.05) is 0 Å². The smallest absolute Gasteiger partial charge is 0.240 e. The van der Waals surface area contributed by atoms with E-state index >= 15 is 0 Å². The van der Waals surface area contributed by atoms with E-state index < -0.39 is 0 Å². The van der Waals surface area contributed by atoms with Gasteiger partial charge in [-0.3, -0.25) is 0 Å². The van der Waals surface area contributed by atoms with E-state index in [0.717, 1.165) is 31.1 Å². The van der Waals surface area contributed by atoms with Crippen molar-refractivity contribution in [3.05, 3.63) is 11.7 Å². The number of hydrogen-bond acceptors (Lipinski definition) is 4. The molecule has 84 valence electrons. The topological polar surface area (TPSA) is 51.0 Å². The Morgan fingerprint density at radius 2 is 2.20 bits per heavy atom. The van der Waals surface area contributed by atoms with Crippen molar-refractivity contribution in [2.45, 2.75) is 58.0 Å². The van der Waals surface area contributed by atoms with Gasteiger partial charge in [-0.1, -0.05) is 24.9 Å². The van der Waals surface area contributed by atoms with Crippen LogP contribution in [0.15, 0.2) is 4.52 Å².